The average molecular weight is 1320 g/mol. The fraction of sp³-hybridized carbons (Fsp3) is 1.00. The van der Waals surface area contributed by atoms with Crippen LogP contribution in [0.1, 0.15) is 372 Å². The van der Waals surface area contributed by atoms with Crippen molar-refractivity contribution in [1.29, 1.82) is 0 Å². The number of hydrogen-bond donors (Lipinski definition) is 0. The van der Waals surface area contributed by atoms with Crippen LogP contribution in [-0.4, -0.2) is 4.29 Å². The highest BCUT2D eigenvalue weighted by Gasteiger charge is 2.16. The Morgan fingerprint density at radius 2 is 0.167 bits per heavy atom. The van der Waals surface area contributed by atoms with Gasteiger partial charge in [0.15, 0.2) is 0 Å². The predicted molar refractivity (Wildman–Crippen MR) is 327 cm³/mol. The average Bonchev–Trinajstić information content (AvgIpc) is 3.28. The molecule has 0 aliphatic heterocycles. The minimum Gasteiger partial charge on any atom is -0.0599 e. The van der Waals surface area contributed by atoms with Gasteiger partial charge in [-0.15, -0.1) is 0 Å². The van der Waals surface area contributed by atoms with Crippen LogP contribution in [0.25, 0.3) is 0 Å². The fourth-order valence-corrected chi connectivity index (χ4v) is 11.9. The number of hydrogen-bond acceptors (Lipinski definition) is 0. The molecule has 0 bridgehead atoms. The van der Waals surface area contributed by atoms with Gasteiger partial charge in [0.25, 0.3) is 0 Å². The van der Waals surface area contributed by atoms with Crippen LogP contribution < -0.4 is 0 Å². The fourth-order valence-electron chi connectivity index (χ4n) is 10.2. The minimum absolute atomic E-state index is 0.0332. The van der Waals surface area contributed by atoms with Crippen LogP contribution in [-0.2, 0) is 0 Å². The molecule has 0 aromatic rings. The molecule has 0 unspecified atom stereocenters. The zero-order valence-electron chi connectivity index (χ0n) is 44.3. The van der Waals surface area contributed by atoms with Gasteiger partial charge in [-0.05, 0) is 12.8 Å². The van der Waals surface area contributed by atoms with E-state index in [-0.39, 0.29) is 4.29 Å². The van der Waals surface area contributed by atoms with Crippen LogP contribution in [0.3, 0.4) is 0 Å². The van der Waals surface area contributed by atoms with Crippen LogP contribution in [0.4, 0.5) is 0 Å². The van der Waals surface area contributed by atoms with Gasteiger partial charge in [-0.25, -0.2) is 0 Å². The van der Waals surface area contributed by atoms with Crippen LogP contribution >= 0.6 is 95.6 Å². The summed E-state index contributed by atoms with van der Waals surface area (Å²) in [4.78, 5) is 0. The maximum absolute atomic E-state index is 3.60. The summed E-state index contributed by atoms with van der Waals surface area (Å²) in [5.41, 5.74) is 0. The van der Waals surface area contributed by atoms with Crippen molar-refractivity contribution >= 4 is 95.6 Å². The number of alkyl halides is 6. The number of unbranched alkanes of at least 4 members (excludes halogenated alkanes) is 55. The molecule has 0 heterocycles. The van der Waals surface area contributed by atoms with E-state index < -0.39 is 0 Å². The highest BCUT2D eigenvalue weighted by molar-refractivity contribution is 9.39. The second-order valence-electron chi connectivity index (χ2n) is 21.5. The van der Waals surface area contributed by atoms with Crippen LogP contribution in [0, 0.1) is 0 Å². The smallest absolute Gasteiger partial charge is 0.0599 e. The molecule has 0 radical (unpaired) electrons. The van der Waals surface area contributed by atoms with Gasteiger partial charge in [-0.3, -0.25) is 0 Å². The summed E-state index contributed by atoms with van der Waals surface area (Å²) < 4.78 is -0.0665. The third kappa shape index (κ3) is 66.9. The van der Waals surface area contributed by atoms with Crippen molar-refractivity contribution in [3.8, 4) is 0 Å². The van der Waals surface area contributed by atoms with Gasteiger partial charge in [-0.2, -0.15) is 0 Å². The summed E-state index contributed by atoms with van der Waals surface area (Å²) in [7, 11) is 0. The van der Waals surface area contributed by atoms with Crippen molar-refractivity contribution in [3.63, 3.8) is 0 Å². The van der Waals surface area contributed by atoms with E-state index in [0.29, 0.717) is 0 Å². The molecular formula is C60H116Br6. The topological polar surface area (TPSA) is 0 Å². The zero-order chi connectivity index (χ0) is 48.0. The monoisotopic (exact) mass is 1310 g/mol. The molecular weight excluding hydrogens is 1200 g/mol. The molecule has 0 saturated heterocycles. The van der Waals surface area contributed by atoms with E-state index in [1.165, 1.54) is 360 Å². The molecule has 0 nitrogen and oxygen atoms in total. The van der Waals surface area contributed by atoms with Crippen molar-refractivity contribution in [2.24, 2.45) is 0 Å². The Morgan fingerprint density at radius 3 is 0.227 bits per heavy atom. The zero-order valence-corrected chi connectivity index (χ0v) is 53.8. The van der Waals surface area contributed by atoms with E-state index in [0.717, 1.165) is 12.8 Å². The Bertz CT molecular complexity index is 798. The van der Waals surface area contributed by atoms with E-state index in [1.807, 2.05) is 0 Å². The highest BCUT2D eigenvalue weighted by atomic mass is 80.0. The largest absolute Gasteiger partial charge is 0.135 e. The molecule has 66 heavy (non-hydrogen) atoms. The van der Waals surface area contributed by atoms with Crippen molar-refractivity contribution in [2.45, 2.75) is 377 Å². The number of rotatable bonds is 57. The molecule has 0 aliphatic rings. The third-order valence-corrected chi connectivity index (χ3v) is 17.0. The molecule has 0 rings (SSSR count). The van der Waals surface area contributed by atoms with E-state index in [4.69, 9.17) is 0 Å². The molecule has 0 saturated carbocycles. The van der Waals surface area contributed by atoms with Gasteiger partial charge >= 0.3 is 0 Å². The Morgan fingerprint density at radius 1 is 0.106 bits per heavy atom. The first-order valence-corrected chi connectivity index (χ1v) is 35.1. The predicted octanol–water partition coefficient (Wildman–Crippen LogP) is 27.3. The first-order chi connectivity index (χ1) is 32.2. The quantitative estimate of drug-likeness (QED) is 0.0421. The minimum atomic E-state index is -0.0332. The second kappa shape index (κ2) is 57.2. The molecule has 0 amide bonds. The van der Waals surface area contributed by atoms with Gasteiger partial charge in [0.2, 0.25) is 0 Å². The summed E-state index contributed by atoms with van der Waals surface area (Å²) in [6, 6.07) is 0. The summed E-state index contributed by atoms with van der Waals surface area (Å²) in [6.45, 7) is 0. The lowest BCUT2D eigenvalue weighted by Gasteiger charge is -2.10. The van der Waals surface area contributed by atoms with Crippen molar-refractivity contribution in [1.82, 2.24) is 0 Å². The first-order valence-electron chi connectivity index (χ1n) is 30.3. The molecule has 398 valence electrons. The van der Waals surface area contributed by atoms with Gasteiger partial charge in [0.05, 0.1) is 0 Å². The third-order valence-electron chi connectivity index (χ3n) is 14.7. The molecule has 0 spiro atoms. The highest BCUT2D eigenvalue weighted by Crippen LogP contribution is 2.39. The molecule has 0 N–H and O–H groups in total. The van der Waals surface area contributed by atoms with E-state index >= 15 is 0 Å². The second-order valence-corrected chi connectivity index (χ2v) is 36.0. The summed E-state index contributed by atoms with van der Waals surface area (Å²) >= 11 is 21.6. The van der Waals surface area contributed by atoms with Crippen LogP contribution in [0.15, 0.2) is 0 Å². The molecule has 0 aromatic heterocycles. The molecule has 6 heteroatoms. The van der Waals surface area contributed by atoms with E-state index in [9.17, 15) is 0 Å². The normalized spacial score (nSPS) is 12.3. The van der Waals surface area contributed by atoms with Crippen LogP contribution in [0.2, 0.25) is 0 Å². The van der Waals surface area contributed by atoms with Crippen molar-refractivity contribution < 1.29 is 0 Å². The maximum atomic E-state index is 3.60. The Labute approximate surface area is 467 Å². The van der Waals surface area contributed by atoms with Crippen molar-refractivity contribution in [3.05, 3.63) is 0 Å². The lowest BCUT2D eigenvalue weighted by molar-refractivity contribution is 0.507. The van der Waals surface area contributed by atoms with E-state index in [1.54, 1.807) is 0 Å². The van der Waals surface area contributed by atoms with Gasteiger partial charge < -0.3 is 0 Å². The lowest BCUT2D eigenvalue weighted by Crippen LogP contribution is -1.98. The lowest BCUT2D eigenvalue weighted by atomic mass is 10.0. The summed E-state index contributed by atoms with van der Waals surface area (Å²) in [5.74, 6) is 0. The summed E-state index contributed by atoms with van der Waals surface area (Å²) in [5, 5.41) is 0. The van der Waals surface area contributed by atoms with E-state index in [2.05, 4.69) is 95.6 Å². The van der Waals surface area contributed by atoms with Gasteiger partial charge in [0.1, 0.15) is 4.29 Å². The first kappa shape index (κ1) is 68.9. The number of halogens is 6. The van der Waals surface area contributed by atoms with Gasteiger partial charge in [0, 0.05) is 0 Å². The molecule has 0 fully saturated rings. The van der Waals surface area contributed by atoms with Crippen LogP contribution in [0.5, 0.6) is 0 Å². The van der Waals surface area contributed by atoms with Gasteiger partial charge in [-0.1, -0.05) is 455 Å². The Balaban J connectivity index is 3.08. The molecule has 0 atom stereocenters. The molecule has 0 aliphatic carbocycles. The summed E-state index contributed by atoms with van der Waals surface area (Å²) in [6.07, 6.45) is 84.5. The van der Waals surface area contributed by atoms with Crippen molar-refractivity contribution in [2.75, 3.05) is 0 Å². The Kier molecular flexibility index (Phi) is 59.7. The maximum Gasteiger partial charge on any atom is 0.135 e. The SMILES string of the molecule is BrC(Br)(Br)CCCCCCCCCCCCCCCCCCCCCCCCCCCCCCCCCCCCCCCCCCCCCCCCCCCCCCCCCCC(Br)(Br)Br. The molecule has 0 aromatic carbocycles. The Hall–Kier alpha value is 2.88. The standard InChI is InChI=1S/C60H116Br6/c61-59(62,63)57-55-53-51-49-47-45-43-41-39-37-35-33-31-29-27-25-23-21-19-17-15-13-11-9-7-5-3-1-2-4-6-8-10-12-14-16-18-20-22-24-26-28-30-32-34-36-38-40-42-44-46-48-50-52-54-56-58-60(64,65)66/h1-58H2.